The first-order valence-electron chi connectivity index (χ1n) is 9.48. The van der Waals surface area contributed by atoms with Crippen molar-refractivity contribution in [3.63, 3.8) is 0 Å². The van der Waals surface area contributed by atoms with E-state index in [1.807, 2.05) is 77.8 Å². The van der Waals surface area contributed by atoms with E-state index < -0.39 is 5.72 Å². The van der Waals surface area contributed by atoms with E-state index in [-0.39, 0.29) is 11.9 Å². The SMILES string of the molecule is O=C1Nc2ccccc2[C@@]12Oc1ccccc1[C@@H]1CC(c3ccc(Cl)cc3)=NN12. The third-order valence-electron chi connectivity index (χ3n) is 5.79. The number of amides is 1. The lowest BCUT2D eigenvalue weighted by Crippen LogP contribution is -2.55. The predicted octanol–water partition coefficient (Wildman–Crippen LogP) is 4.69. The third-order valence-corrected chi connectivity index (χ3v) is 6.05. The number of anilines is 1. The van der Waals surface area contributed by atoms with Crippen molar-refractivity contribution in [3.05, 3.63) is 94.5 Å². The number of benzene rings is 3. The Balaban J connectivity index is 1.56. The van der Waals surface area contributed by atoms with E-state index in [1.165, 1.54) is 0 Å². The third kappa shape index (κ3) is 2.22. The molecule has 6 heteroatoms. The highest BCUT2D eigenvalue weighted by molar-refractivity contribution is 6.30. The van der Waals surface area contributed by atoms with Crippen molar-refractivity contribution in [2.24, 2.45) is 5.10 Å². The van der Waals surface area contributed by atoms with E-state index in [1.54, 1.807) is 0 Å². The van der Waals surface area contributed by atoms with Crippen LogP contribution < -0.4 is 10.1 Å². The Hall–Kier alpha value is -3.31. The molecule has 142 valence electrons. The van der Waals surface area contributed by atoms with E-state index in [4.69, 9.17) is 21.4 Å². The van der Waals surface area contributed by atoms with E-state index in [2.05, 4.69) is 5.32 Å². The Kier molecular flexibility index (Phi) is 3.35. The number of nitrogens with zero attached hydrogens (tertiary/aromatic N) is 2. The number of halogens is 1. The summed E-state index contributed by atoms with van der Waals surface area (Å²) in [5.74, 6) is 0.493. The number of ether oxygens (including phenoxy) is 1. The second-order valence-electron chi connectivity index (χ2n) is 7.40. The van der Waals surface area contributed by atoms with Crippen molar-refractivity contribution in [3.8, 4) is 5.75 Å². The molecule has 3 aliphatic heterocycles. The Labute approximate surface area is 172 Å². The molecule has 6 rings (SSSR count). The molecule has 0 aliphatic carbocycles. The standard InChI is InChI=1S/C23H16ClN3O2/c24-15-11-9-14(10-12-15)19-13-20-16-5-1-4-8-21(16)29-23(27(20)26-19)17-6-2-3-7-18(17)25-22(23)28/h1-12,20H,13H2,(H,25,28)/t20-,23+/m0/s1. The summed E-state index contributed by atoms with van der Waals surface area (Å²) in [4.78, 5) is 13.3. The van der Waals surface area contributed by atoms with Crippen LogP contribution in [0.25, 0.3) is 0 Å². The molecule has 1 spiro atoms. The van der Waals surface area contributed by atoms with Gasteiger partial charge in [-0.2, -0.15) is 5.10 Å². The van der Waals surface area contributed by atoms with Crippen molar-refractivity contribution in [1.82, 2.24) is 5.01 Å². The number of carbonyl (C=O) groups excluding carboxylic acids is 1. The lowest BCUT2D eigenvalue weighted by atomic mass is 9.92. The molecule has 0 saturated heterocycles. The van der Waals surface area contributed by atoms with Gasteiger partial charge >= 0.3 is 5.72 Å². The molecule has 3 aromatic rings. The van der Waals surface area contributed by atoms with Crippen LogP contribution in [0.4, 0.5) is 5.69 Å². The summed E-state index contributed by atoms with van der Waals surface area (Å²) in [6.07, 6.45) is 0.680. The van der Waals surface area contributed by atoms with Gasteiger partial charge in [-0.25, -0.2) is 5.01 Å². The summed E-state index contributed by atoms with van der Waals surface area (Å²) in [6, 6.07) is 23.0. The molecule has 0 unspecified atom stereocenters. The van der Waals surface area contributed by atoms with E-state index >= 15 is 0 Å². The van der Waals surface area contributed by atoms with Crippen molar-refractivity contribution in [1.29, 1.82) is 0 Å². The Morgan fingerprint density at radius 2 is 1.79 bits per heavy atom. The molecule has 0 saturated carbocycles. The van der Waals surface area contributed by atoms with Crippen molar-refractivity contribution >= 4 is 28.9 Å². The maximum absolute atomic E-state index is 13.3. The zero-order valence-electron chi connectivity index (χ0n) is 15.3. The van der Waals surface area contributed by atoms with Gasteiger partial charge in [0.25, 0.3) is 5.91 Å². The molecule has 0 fully saturated rings. The number of hydrogen-bond donors (Lipinski definition) is 1. The quantitative estimate of drug-likeness (QED) is 0.643. The molecular formula is C23H16ClN3O2. The fourth-order valence-electron chi connectivity index (χ4n) is 4.46. The van der Waals surface area contributed by atoms with Crippen LogP contribution in [0.2, 0.25) is 5.02 Å². The number of carbonyl (C=O) groups is 1. The van der Waals surface area contributed by atoms with Gasteiger partial charge in [-0.3, -0.25) is 4.79 Å². The molecule has 3 aliphatic rings. The molecular weight excluding hydrogens is 386 g/mol. The molecule has 0 radical (unpaired) electrons. The number of fused-ring (bicyclic) bond motifs is 6. The van der Waals surface area contributed by atoms with Gasteiger partial charge in [0.2, 0.25) is 0 Å². The fraction of sp³-hybridized carbons (Fsp3) is 0.130. The van der Waals surface area contributed by atoms with Crippen LogP contribution in [0.1, 0.15) is 29.2 Å². The van der Waals surface area contributed by atoms with Gasteiger partial charge in [0.1, 0.15) is 5.75 Å². The molecule has 3 heterocycles. The first-order valence-corrected chi connectivity index (χ1v) is 9.86. The van der Waals surface area contributed by atoms with Crippen LogP contribution >= 0.6 is 11.6 Å². The number of hydrazone groups is 1. The van der Waals surface area contributed by atoms with Crippen molar-refractivity contribution < 1.29 is 9.53 Å². The zero-order chi connectivity index (χ0) is 19.6. The van der Waals surface area contributed by atoms with Crippen LogP contribution in [-0.4, -0.2) is 16.6 Å². The Bertz CT molecular complexity index is 1190. The van der Waals surface area contributed by atoms with Gasteiger partial charge in [-0.15, -0.1) is 0 Å². The van der Waals surface area contributed by atoms with Gasteiger partial charge in [0, 0.05) is 17.0 Å². The number of para-hydroxylation sites is 2. The highest BCUT2D eigenvalue weighted by Gasteiger charge is 2.60. The summed E-state index contributed by atoms with van der Waals surface area (Å²) in [5.41, 5.74) is 3.15. The minimum absolute atomic E-state index is 0.0949. The van der Waals surface area contributed by atoms with Gasteiger partial charge < -0.3 is 10.1 Å². The molecule has 5 nitrogen and oxygen atoms in total. The van der Waals surface area contributed by atoms with Crippen LogP contribution in [0.5, 0.6) is 5.75 Å². The fourth-order valence-corrected chi connectivity index (χ4v) is 4.59. The molecule has 0 aromatic heterocycles. The lowest BCUT2D eigenvalue weighted by Gasteiger charge is -2.43. The van der Waals surface area contributed by atoms with E-state index in [9.17, 15) is 4.79 Å². The van der Waals surface area contributed by atoms with Gasteiger partial charge in [0.05, 0.1) is 23.0 Å². The topological polar surface area (TPSA) is 53.9 Å². The van der Waals surface area contributed by atoms with Crippen molar-refractivity contribution in [2.45, 2.75) is 18.2 Å². The summed E-state index contributed by atoms with van der Waals surface area (Å²) < 4.78 is 6.42. The molecule has 3 aromatic carbocycles. The average Bonchev–Trinajstić information content (AvgIpc) is 3.30. The van der Waals surface area contributed by atoms with Crippen LogP contribution in [0, 0.1) is 0 Å². The van der Waals surface area contributed by atoms with Gasteiger partial charge in [0.15, 0.2) is 0 Å². The molecule has 1 N–H and O–H groups in total. The minimum Gasteiger partial charge on any atom is -0.453 e. The molecule has 0 bridgehead atoms. The summed E-state index contributed by atoms with van der Waals surface area (Å²) in [6.45, 7) is 0. The van der Waals surface area contributed by atoms with Gasteiger partial charge in [-0.05, 0) is 29.8 Å². The second kappa shape index (κ2) is 5.84. The highest BCUT2D eigenvalue weighted by Crippen LogP contribution is 2.53. The summed E-state index contributed by atoms with van der Waals surface area (Å²) in [5, 5.41) is 10.4. The van der Waals surface area contributed by atoms with E-state index in [0.717, 1.165) is 28.1 Å². The number of hydrogen-bond acceptors (Lipinski definition) is 4. The van der Waals surface area contributed by atoms with Crippen molar-refractivity contribution in [2.75, 3.05) is 5.32 Å². The number of rotatable bonds is 1. The molecule has 1 amide bonds. The molecule has 2 atom stereocenters. The summed E-state index contributed by atoms with van der Waals surface area (Å²) >= 11 is 6.06. The normalized spacial score (nSPS) is 23.8. The maximum Gasteiger partial charge on any atom is 0.306 e. The average molecular weight is 402 g/mol. The first-order chi connectivity index (χ1) is 14.2. The first kappa shape index (κ1) is 16.6. The highest BCUT2D eigenvalue weighted by atomic mass is 35.5. The predicted molar refractivity (Wildman–Crippen MR) is 111 cm³/mol. The minimum atomic E-state index is -1.32. The number of nitrogens with one attached hydrogen (secondary N) is 1. The largest absolute Gasteiger partial charge is 0.453 e. The lowest BCUT2D eigenvalue weighted by molar-refractivity contribution is -0.161. The van der Waals surface area contributed by atoms with E-state index in [0.29, 0.717) is 17.2 Å². The van der Waals surface area contributed by atoms with Crippen LogP contribution in [-0.2, 0) is 10.5 Å². The van der Waals surface area contributed by atoms with Crippen LogP contribution in [0.15, 0.2) is 77.9 Å². The maximum atomic E-state index is 13.3. The monoisotopic (exact) mass is 401 g/mol. The van der Waals surface area contributed by atoms with Crippen LogP contribution in [0.3, 0.4) is 0 Å². The van der Waals surface area contributed by atoms with Gasteiger partial charge in [-0.1, -0.05) is 60.1 Å². The molecule has 29 heavy (non-hydrogen) atoms. The smallest absolute Gasteiger partial charge is 0.306 e. The second-order valence-corrected chi connectivity index (χ2v) is 7.84. The Morgan fingerprint density at radius 1 is 1.03 bits per heavy atom. The Morgan fingerprint density at radius 3 is 2.66 bits per heavy atom. The zero-order valence-corrected chi connectivity index (χ0v) is 16.1. The summed E-state index contributed by atoms with van der Waals surface area (Å²) in [7, 11) is 0.